The van der Waals surface area contributed by atoms with Gasteiger partial charge in [0.25, 0.3) is 0 Å². The van der Waals surface area contributed by atoms with Gasteiger partial charge in [0, 0.05) is 12.6 Å². The molecule has 19 heavy (non-hydrogen) atoms. The van der Waals surface area contributed by atoms with Crippen LogP contribution in [0.3, 0.4) is 0 Å². The fraction of sp³-hybridized carbons (Fsp3) is 0.917. The molecule has 0 amide bonds. The number of carboxylic acid groups (broad SMARTS) is 1. The van der Waals surface area contributed by atoms with Gasteiger partial charge >= 0.3 is 12.1 Å². The summed E-state index contributed by atoms with van der Waals surface area (Å²) in [6.45, 7) is 4.87. The highest BCUT2D eigenvalue weighted by molar-refractivity contribution is 5.73. The quantitative estimate of drug-likeness (QED) is 0.681. The molecule has 1 unspecified atom stereocenters. The van der Waals surface area contributed by atoms with Crippen LogP contribution < -0.4 is 5.32 Å². The summed E-state index contributed by atoms with van der Waals surface area (Å²) in [6, 6.07) is -1.07. The van der Waals surface area contributed by atoms with E-state index in [-0.39, 0.29) is 19.0 Å². The SMILES string of the molecule is CCCNC(CCN(CC(F)(F)F)C(C)C)C(=O)O. The third kappa shape index (κ3) is 8.83. The van der Waals surface area contributed by atoms with Crippen LogP contribution in [-0.4, -0.2) is 53.9 Å². The number of hydrogen-bond acceptors (Lipinski definition) is 3. The normalized spacial score (nSPS) is 14.1. The lowest BCUT2D eigenvalue weighted by Gasteiger charge is -2.28. The Bertz CT molecular complexity index is 270. The Morgan fingerprint density at radius 1 is 1.37 bits per heavy atom. The minimum atomic E-state index is -4.26. The summed E-state index contributed by atoms with van der Waals surface area (Å²) in [7, 11) is 0. The summed E-state index contributed by atoms with van der Waals surface area (Å²) in [5.41, 5.74) is 0. The first-order valence-corrected chi connectivity index (χ1v) is 6.44. The zero-order chi connectivity index (χ0) is 15.1. The van der Waals surface area contributed by atoms with Crippen molar-refractivity contribution in [1.29, 1.82) is 0 Å². The molecule has 0 spiro atoms. The van der Waals surface area contributed by atoms with Gasteiger partial charge in [-0.3, -0.25) is 9.69 Å². The molecule has 4 nitrogen and oxygen atoms in total. The molecule has 1 atom stereocenters. The van der Waals surface area contributed by atoms with Crippen LogP contribution in [0.25, 0.3) is 0 Å². The lowest BCUT2D eigenvalue weighted by molar-refractivity contribution is -0.150. The van der Waals surface area contributed by atoms with Gasteiger partial charge in [-0.05, 0) is 33.2 Å². The van der Waals surface area contributed by atoms with Gasteiger partial charge in [0.05, 0.1) is 6.54 Å². The van der Waals surface area contributed by atoms with Crippen LogP contribution in [0, 0.1) is 0 Å². The third-order valence-corrected chi connectivity index (χ3v) is 2.76. The van der Waals surface area contributed by atoms with Crippen LogP contribution in [0.15, 0.2) is 0 Å². The van der Waals surface area contributed by atoms with Crippen molar-refractivity contribution in [3.63, 3.8) is 0 Å². The lowest BCUT2D eigenvalue weighted by Crippen LogP contribution is -2.44. The van der Waals surface area contributed by atoms with Gasteiger partial charge in [-0.15, -0.1) is 0 Å². The first kappa shape index (κ1) is 18.2. The van der Waals surface area contributed by atoms with E-state index in [2.05, 4.69) is 5.32 Å². The second-order valence-electron chi connectivity index (χ2n) is 4.81. The Balaban J connectivity index is 4.38. The van der Waals surface area contributed by atoms with E-state index in [0.717, 1.165) is 6.42 Å². The monoisotopic (exact) mass is 284 g/mol. The van der Waals surface area contributed by atoms with Gasteiger partial charge in [-0.2, -0.15) is 13.2 Å². The number of nitrogens with one attached hydrogen (secondary N) is 1. The molecule has 0 aliphatic heterocycles. The van der Waals surface area contributed by atoms with Crippen LogP contribution >= 0.6 is 0 Å². The number of hydrogen-bond donors (Lipinski definition) is 2. The highest BCUT2D eigenvalue weighted by Gasteiger charge is 2.32. The fourth-order valence-corrected chi connectivity index (χ4v) is 1.68. The molecule has 7 heteroatoms. The Kier molecular flexibility index (Phi) is 8.01. The predicted octanol–water partition coefficient (Wildman–Crippen LogP) is 2.10. The molecule has 0 fully saturated rings. The van der Waals surface area contributed by atoms with Gasteiger partial charge < -0.3 is 10.4 Å². The summed E-state index contributed by atoms with van der Waals surface area (Å²) in [4.78, 5) is 12.2. The lowest BCUT2D eigenvalue weighted by atomic mass is 10.1. The van der Waals surface area contributed by atoms with Crippen molar-refractivity contribution in [1.82, 2.24) is 10.2 Å². The zero-order valence-corrected chi connectivity index (χ0v) is 11.6. The molecular weight excluding hydrogens is 261 g/mol. The molecule has 0 rings (SSSR count). The summed E-state index contributed by atoms with van der Waals surface area (Å²) >= 11 is 0. The third-order valence-electron chi connectivity index (χ3n) is 2.76. The molecule has 0 saturated heterocycles. The Hall–Kier alpha value is -0.820. The van der Waals surface area contributed by atoms with E-state index in [0.29, 0.717) is 6.54 Å². The average molecular weight is 284 g/mol. The predicted molar refractivity (Wildman–Crippen MR) is 67.1 cm³/mol. The molecule has 0 aromatic rings. The van der Waals surface area contributed by atoms with E-state index in [1.54, 1.807) is 13.8 Å². The highest BCUT2D eigenvalue weighted by atomic mass is 19.4. The number of nitrogens with zero attached hydrogens (tertiary/aromatic N) is 1. The second-order valence-corrected chi connectivity index (χ2v) is 4.81. The topological polar surface area (TPSA) is 52.6 Å². The molecule has 0 saturated carbocycles. The molecule has 0 bridgehead atoms. The summed E-state index contributed by atoms with van der Waals surface area (Å²) in [5, 5.41) is 11.8. The first-order chi connectivity index (χ1) is 8.67. The van der Waals surface area contributed by atoms with Crippen LogP contribution in [0.4, 0.5) is 13.2 Å². The average Bonchev–Trinajstić information content (AvgIpc) is 2.25. The van der Waals surface area contributed by atoms with Crippen molar-refractivity contribution < 1.29 is 23.1 Å². The zero-order valence-electron chi connectivity index (χ0n) is 11.6. The Morgan fingerprint density at radius 2 is 1.95 bits per heavy atom. The number of carbonyl (C=O) groups is 1. The Morgan fingerprint density at radius 3 is 2.32 bits per heavy atom. The maximum atomic E-state index is 12.4. The van der Waals surface area contributed by atoms with E-state index in [1.165, 1.54) is 4.90 Å². The van der Waals surface area contributed by atoms with Gasteiger partial charge in [-0.1, -0.05) is 6.92 Å². The van der Waals surface area contributed by atoms with Crippen molar-refractivity contribution in [3.05, 3.63) is 0 Å². The maximum absolute atomic E-state index is 12.4. The fourth-order valence-electron chi connectivity index (χ4n) is 1.68. The van der Waals surface area contributed by atoms with Crippen molar-refractivity contribution in [3.8, 4) is 0 Å². The van der Waals surface area contributed by atoms with E-state index in [4.69, 9.17) is 5.11 Å². The van der Waals surface area contributed by atoms with Crippen molar-refractivity contribution in [2.45, 2.75) is 51.9 Å². The molecule has 114 valence electrons. The molecular formula is C12H23F3N2O2. The molecule has 0 aromatic carbocycles. The van der Waals surface area contributed by atoms with Gasteiger partial charge in [0.1, 0.15) is 6.04 Å². The largest absolute Gasteiger partial charge is 0.480 e. The van der Waals surface area contributed by atoms with Crippen molar-refractivity contribution >= 4 is 5.97 Å². The maximum Gasteiger partial charge on any atom is 0.401 e. The summed E-state index contributed by atoms with van der Waals surface area (Å²) < 4.78 is 37.1. The summed E-state index contributed by atoms with van der Waals surface area (Å²) in [6.07, 6.45) is -3.33. The molecule has 0 radical (unpaired) electrons. The van der Waals surface area contributed by atoms with Crippen molar-refractivity contribution in [2.24, 2.45) is 0 Å². The van der Waals surface area contributed by atoms with Crippen LogP contribution in [0.2, 0.25) is 0 Å². The van der Waals surface area contributed by atoms with Crippen molar-refractivity contribution in [2.75, 3.05) is 19.6 Å². The van der Waals surface area contributed by atoms with E-state index < -0.39 is 24.7 Å². The number of halogens is 3. The Labute approximate surface area is 112 Å². The second kappa shape index (κ2) is 8.37. The minimum Gasteiger partial charge on any atom is -0.480 e. The van der Waals surface area contributed by atoms with Gasteiger partial charge in [0.2, 0.25) is 0 Å². The molecule has 0 aromatic heterocycles. The first-order valence-electron chi connectivity index (χ1n) is 6.44. The van der Waals surface area contributed by atoms with E-state index in [9.17, 15) is 18.0 Å². The van der Waals surface area contributed by atoms with E-state index in [1.807, 2.05) is 6.92 Å². The number of aliphatic carboxylic acids is 1. The van der Waals surface area contributed by atoms with Crippen LogP contribution in [-0.2, 0) is 4.79 Å². The van der Waals surface area contributed by atoms with Crippen LogP contribution in [0.5, 0.6) is 0 Å². The van der Waals surface area contributed by atoms with E-state index >= 15 is 0 Å². The minimum absolute atomic E-state index is 0.102. The molecule has 0 heterocycles. The standard InChI is InChI=1S/C12H23F3N2O2/c1-4-6-16-10(11(18)19)5-7-17(9(2)3)8-12(13,14)15/h9-10,16H,4-8H2,1-3H3,(H,18,19). The van der Waals surface area contributed by atoms with Crippen LogP contribution in [0.1, 0.15) is 33.6 Å². The molecule has 0 aliphatic carbocycles. The van der Waals surface area contributed by atoms with Gasteiger partial charge in [0.15, 0.2) is 0 Å². The highest BCUT2D eigenvalue weighted by Crippen LogP contribution is 2.18. The smallest absolute Gasteiger partial charge is 0.401 e. The summed E-state index contributed by atoms with van der Waals surface area (Å²) in [5.74, 6) is -1.02. The molecule has 2 N–H and O–H groups in total. The van der Waals surface area contributed by atoms with Gasteiger partial charge in [-0.25, -0.2) is 0 Å². The number of carboxylic acids is 1. The molecule has 0 aliphatic rings. The number of rotatable bonds is 9. The number of alkyl halides is 3.